The number of rotatable bonds is 9. The van der Waals surface area contributed by atoms with E-state index in [-0.39, 0.29) is 18.2 Å². The molecule has 32 heavy (non-hydrogen) atoms. The van der Waals surface area contributed by atoms with Gasteiger partial charge in [-0.05, 0) is 48.7 Å². The molecule has 0 unspecified atom stereocenters. The number of ether oxygens (including phenoxy) is 2. The number of carbonyl (C=O) groups excluding carboxylic acids is 2. The van der Waals surface area contributed by atoms with E-state index in [0.29, 0.717) is 46.5 Å². The van der Waals surface area contributed by atoms with E-state index in [1.165, 1.54) is 12.0 Å². The molecule has 3 rings (SSSR count). The van der Waals surface area contributed by atoms with Crippen molar-refractivity contribution in [2.24, 2.45) is 0 Å². The molecule has 8 heteroatoms. The Balaban J connectivity index is 1.92. The average Bonchev–Trinajstić information content (AvgIpc) is 3.01. The number of nitrogens with zero attached hydrogens (tertiary/aromatic N) is 1. The van der Waals surface area contributed by atoms with E-state index in [4.69, 9.17) is 32.7 Å². The van der Waals surface area contributed by atoms with Gasteiger partial charge in [-0.2, -0.15) is 0 Å². The molecule has 168 valence electrons. The maximum atomic E-state index is 12.5. The van der Waals surface area contributed by atoms with Crippen LogP contribution in [0.5, 0.6) is 11.5 Å². The Morgan fingerprint density at radius 1 is 1.16 bits per heavy atom. The summed E-state index contributed by atoms with van der Waals surface area (Å²) in [5, 5.41) is 3.69. The number of imide groups is 1. The molecule has 3 amide bonds. The molecule has 6 nitrogen and oxygen atoms in total. The molecule has 0 saturated carbocycles. The number of hydrogen-bond donors (Lipinski definition) is 1. The van der Waals surface area contributed by atoms with Crippen LogP contribution < -0.4 is 14.8 Å². The monoisotopic (exact) mass is 474 g/mol. The predicted molar refractivity (Wildman–Crippen MR) is 126 cm³/mol. The minimum absolute atomic E-state index is 0.219. The Morgan fingerprint density at radius 3 is 2.59 bits per heavy atom. The van der Waals surface area contributed by atoms with Gasteiger partial charge in [0.25, 0.3) is 5.91 Å². The van der Waals surface area contributed by atoms with Crippen LogP contribution >= 0.6 is 23.2 Å². The van der Waals surface area contributed by atoms with Gasteiger partial charge in [0.15, 0.2) is 11.5 Å². The van der Waals surface area contributed by atoms with Crippen LogP contribution in [0, 0.1) is 0 Å². The second kappa shape index (κ2) is 10.6. The predicted octanol–water partition coefficient (Wildman–Crippen LogP) is 5.61. The molecule has 0 radical (unpaired) electrons. The summed E-state index contributed by atoms with van der Waals surface area (Å²) in [6.45, 7) is 6.31. The van der Waals surface area contributed by atoms with Crippen LogP contribution in [-0.4, -0.2) is 30.5 Å². The summed E-state index contributed by atoms with van der Waals surface area (Å²) < 4.78 is 11.6. The molecule has 1 N–H and O–H groups in total. The normalized spacial score (nSPS) is 14.6. The fraction of sp³-hybridized carbons (Fsp3) is 0.250. The summed E-state index contributed by atoms with van der Waals surface area (Å²) in [5.41, 5.74) is 2.51. The Labute approximate surface area is 197 Å². The average molecular weight is 475 g/mol. The number of amides is 3. The van der Waals surface area contributed by atoms with Gasteiger partial charge < -0.3 is 14.8 Å². The number of benzene rings is 2. The third kappa shape index (κ3) is 5.26. The lowest BCUT2D eigenvalue weighted by Gasteiger charge is -2.16. The molecule has 2 aromatic rings. The molecule has 0 aliphatic carbocycles. The van der Waals surface area contributed by atoms with Crippen LogP contribution in [-0.2, 0) is 17.8 Å². The Bertz CT molecular complexity index is 1080. The fourth-order valence-electron chi connectivity index (χ4n) is 3.34. The number of carbonyl (C=O) groups is 2. The van der Waals surface area contributed by atoms with Gasteiger partial charge >= 0.3 is 6.03 Å². The minimum Gasteiger partial charge on any atom is -0.493 e. The summed E-state index contributed by atoms with van der Waals surface area (Å²) >= 11 is 12.2. The summed E-state index contributed by atoms with van der Waals surface area (Å²) in [7, 11) is 1.54. The molecule has 0 atom stereocenters. The zero-order valence-corrected chi connectivity index (χ0v) is 19.4. The Kier molecular flexibility index (Phi) is 7.83. The van der Waals surface area contributed by atoms with Crippen LogP contribution in [0.4, 0.5) is 4.79 Å². The molecular formula is C24H24Cl2N2O4. The quantitative estimate of drug-likeness (QED) is 0.291. The number of urea groups is 1. The van der Waals surface area contributed by atoms with Crippen molar-refractivity contribution >= 4 is 41.2 Å². The van der Waals surface area contributed by atoms with Gasteiger partial charge in [-0.15, -0.1) is 6.58 Å². The molecule has 2 aromatic carbocycles. The highest BCUT2D eigenvalue weighted by Gasteiger charge is 2.32. The van der Waals surface area contributed by atoms with Gasteiger partial charge in [0.05, 0.1) is 7.11 Å². The fourth-order valence-corrected chi connectivity index (χ4v) is 3.81. The first-order valence-electron chi connectivity index (χ1n) is 10.1. The number of allylic oxidation sites excluding steroid dienone is 1. The van der Waals surface area contributed by atoms with Crippen LogP contribution in [0.3, 0.4) is 0 Å². The van der Waals surface area contributed by atoms with Crippen molar-refractivity contribution in [3.8, 4) is 11.5 Å². The van der Waals surface area contributed by atoms with Crippen molar-refractivity contribution in [2.45, 2.75) is 26.4 Å². The lowest BCUT2D eigenvalue weighted by molar-refractivity contribution is -0.122. The highest BCUT2D eigenvalue weighted by Crippen LogP contribution is 2.35. The highest BCUT2D eigenvalue weighted by atomic mass is 35.5. The van der Waals surface area contributed by atoms with E-state index in [0.717, 1.165) is 11.1 Å². The van der Waals surface area contributed by atoms with E-state index in [2.05, 4.69) is 11.9 Å². The standard InChI is InChI=1S/C24H24Cl2N2O4/c1-4-6-16-10-15(11-20-23(29)28(9-5-2)24(30)27-20)12-21(31-3)22(16)32-14-17-7-8-18(25)13-19(17)26/h4,7-8,10-13H,1,5-6,9,14H2,2-3H3,(H,27,30)/b20-11+. The lowest BCUT2D eigenvalue weighted by atomic mass is 10.0. The molecule has 1 aliphatic heterocycles. The SMILES string of the molecule is C=CCc1cc(/C=C2/NC(=O)N(CCC)C2=O)cc(OC)c1OCc1ccc(Cl)cc1Cl. The molecule has 0 aromatic heterocycles. The van der Waals surface area contributed by atoms with E-state index >= 15 is 0 Å². The maximum absolute atomic E-state index is 12.5. The first-order chi connectivity index (χ1) is 15.4. The maximum Gasteiger partial charge on any atom is 0.329 e. The first kappa shape index (κ1) is 23.7. The summed E-state index contributed by atoms with van der Waals surface area (Å²) in [6, 6.07) is 8.42. The van der Waals surface area contributed by atoms with Gasteiger partial charge in [-0.1, -0.05) is 42.3 Å². The Hall–Kier alpha value is -2.96. The van der Waals surface area contributed by atoms with E-state index in [9.17, 15) is 9.59 Å². The van der Waals surface area contributed by atoms with Crippen molar-refractivity contribution in [3.05, 3.63) is 75.4 Å². The zero-order valence-electron chi connectivity index (χ0n) is 17.9. The number of nitrogens with one attached hydrogen (secondary N) is 1. The van der Waals surface area contributed by atoms with E-state index < -0.39 is 6.03 Å². The van der Waals surface area contributed by atoms with Crippen LogP contribution in [0.15, 0.2) is 48.7 Å². The largest absolute Gasteiger partial charge is 0.493 e. The highest BCUT2D eigenvalue weighted by molar-refractivity contribution is 6.35. The third-order valence-electron chi connectivity index (χ3n) is 4.85. The van der Waals surface area contributed by atoms with Gasteiger partial charge in [-0.3, -0.25) is 9.69 Å². The summed E-state index contributed by atoms with van der Waals surface area (Å²) in [5.74, 6) is 0.692. The smallest absolute Gasteiger partial charge is 0.329 e. The van der Waals surface area contributed by atoms with Crippen LogP contribution in [0.2, 0.25) is 10.0 Å². The molecular weight excluding hydrogens is 451 g/mol. The van der Waals surface area contributed by atoms with Gasteiger partial charge in [0.1, 0.15) is 12.3 Å². The molecule has 1 fully saturated rings. The van der Waals surface area contributed by atoms with E-state index in [1.807, 2.05) is 13.0 Å². The van der Waals surface area contributed by atoms with Gasteiger partial charge in [0, 0.05) is 27.7 Å². The lowest BCUT2D eigenvalue weighted by Crippen LogP contribution is -2.31. The minimum atomic E-state index is -0.416. The molecule has 1 aliphatic rings. The van der Waals surface area contributed by atoms with E-state index in [1.54, 1.807) is 36.4 Å². The van der Waals surface area contributed by atoms with Crippen molar-refractivity contribution in [3.63, 3.8) is 0 Å². The number of hydrogen-bond acceptors (Lipinski definition) is 4. The zero-order chi connectivity index (χ0) is 23.3. The van der Waals surface area contributed by atoms with Crippen molar-refractivity contribution < 1.29 is 19.1 Å². The number of methoxy groups -OCH3 is 1. The Morgan fingerprint density at radius 2 is 1.94 bits per heavy atom. The first-order valence-corrected chi connectivity index (χ1v) is 10.9. The second-order valence-electron chi connectivity index (χ2n) is 7.17. The second-order valence-corrected chi connectivity index (χ2v) is 8.02. The molecule has 0 spiro atoms. The molecule has 1 heterocycles. The van der Waals surface area contributed by atoms with Crippen LogP contribution in [0.1, 0.15) is 30.0 Å². The van der Waals surface area contributed by atoms with Crippen molar-refractivity contribution in [1.82, 2.24) is 10.2 Å². The van der Waals surface area contributed by atoms with Crippen LogP contribution in [0.25, 0.3) is 6.08 Å². The number of halogens is 2. The molecule has 1 saturated heterocycles. The topological polar surface area (TPSA) is 67.9 Å². The summed E-state index contributed by atoms with van der Waals surface area (Å²) in [6.07, 6.45) is 4.58. The molecule has 0 bridgehead atoms. The summed E-state index contributed by atoms with van der Waals surface area (Å²) in [4.78, 5) is 25.8. The van der Waals surface area contributed by atoms with Gasteiger partial charge in [0.2, 0.25) is 0 Å². The van der Waals surface area contributed by atoms with Crippen molar-refractivity contribution in [2.75, 3.05) is 13.7 Å². The third-order valence-corrected chi connectivity index (χ3v) is 5.43. The van der Waals surface area contributed by atoms with Crippen molar-refractivity contribution in [1.29, 1.82) is 0 Å². The van der Waals surface area contributed by atoms with Gasteiger partial charge in [-0.25, -0.2) is 4.79 Å².